The maximum Gasteiger partial charge on any atom is 0.315 e. The molecule has 2 aromatic heterocycles. The molecule has 0 atom stereocenters. The van der Waals surface area contributed by atoms with Gasteiger partial charge < -0.3 is 25.2 Å². The Morgan fingerprint density at radius 3 is 2.68 bits per heavy atom. The summed E-state index contributed by atoms with van der Waals surface area (Å²) in [7, 11) is 2.13. The topological polar surface area (TPSA) is 82.6 Å². The quantitative estimate of drug-likeness (QED) is 0.755. The normalized spacial score (nSPS) is 14.6. The van der Waals surface area contributed by atoms with Crippen molar-refractivity contribution < 1.29 is 9.53 Å². The third kappa shape index (κ3) is 5.56. The molecule has 8 heteroatoms. The summed E-state index contributed by atoms with van der Waals surface area (Å²) >= 11 is 0. The van der Waals surface area contributed by atoms with Crippen LogP contribution in [0.5, 0.6) is 5.88 Å². The van der Waals surface area contributed by atoms with Crippen LogP contribution >= 0.6 is 0 Å². The summed E-state index contributed by atoms with van der Waals surface area (Å²) in [6.45, 7) is 7.22. The zero-order chi connectivity index (χ0) is 19.8. The molecule has 0 spiro atoms. The maximum absolute atomic E-state index is 12.2. The number of amides is 2. The number of nitrogens with one attached hydrogen (secondary N) is 2. The highest BCUT2D eigenvalue weighted by Crippen LogP contribution is 2.18. The van der Waals surface area contributed by atoms with E-state index in [1.54, 1.807) is 12.4 Å². The summed E-state index contributed by atoms with van der Waals surface area (Å²) in [5.74, 6) is 1.51. The van der Waals surface area contributed by atoms with Crippen LogP contribution in [-0.2, 0) is 13.1 Å². The van der Waals surface area contributed by atoms with Crippen molar-refractivity contribution in [3.05, 3.63) is 47.8 Å². The minimum Gasteiger partial charge on any atom is -0.478 e. The summed E-state index contributed by atoms with van der Waals surface area (Å²) in [4.78, 5) is 25.5. The third-order valence-electron chi connectivity index (χ3n) is 4.65. The van der Waals surface area contributed by atoms with Crippen LogP contribution in [0.25, 0.3) is 0 Å². The number of hydrogen-bond acceptors (Lipinski definition) is 6. The summed E-state index contributed by atoms with van der Waals surface area (Å²) in [6.07, 6.45) is 3.48. The predicted octanol–water partition coefficient (Wildman–Crippen LogP) is 1.63. The molecule has 0 radical (unpaired) electrons. The van der Waals surface area contributed by atoms with Gasteiger partial charge in [-0.3, -0.25) is 0 Å². The molecule has 150 valence electrons. The zero-order valence-corrected chi connectivity index (χ0v) is 16.5. The van der Waals surface area contributed by atoms with Gasteiger partial charge in [-0.15, -0.1) is 0 Å². The van der Waals surface area contributed by atoms with E-state index in [2.05, 4.69) is 37.4 Å². The molecule has 1 aliphatic heterocycles. The Bertz CT molecular complexity index is 777. The second kappa shape index (κ2) is 9.89. The maximum atomic E-state index is 12.2. The number of aromatic nitrogens is 2. The fraction of sp³-hybridized carbons (Fsp3) is 0.450. The van der Waals surface area contributed by atoms with Gasteiger partial charge in [-0.05, 0) is 31.7 Å². The SMILES string of the molecule is CCOc1cc(CNC(=O)NCc2cccnc2N2CCN(C)CC2)ccn1. The van der Waals surface area contributed by atoms with Crippen LogP contribution < -0.4 is 20.3 Å². The first-order valence-electron chi connectivity index (χ1n) is 9.62. The number of carbonyl (C=O) groups excluding carboxylic acids is 1. The van der Waals surface area contributed by atoms with Crippen LogP contribution in [0.3, 0.4) is 0 Å². The van der Waals surface area contributed by atoms with E-state index in [1.165, 1.54) is 0 Å². The second-order valence-electron chi connectivity index (χ2n) is 6.75. The highest BCUT2D eigenvalue weighted by Gasteiger charge is 2.18. The molecule has 8 nitrogen and oxygen atoms in total. The minimum atomic E-state index is -0.219. The fourth-order valence-electron chi connectivity index (χ4n) is 3.08. The second-order valence-corrected chi connectivity index (χ2v) is 6.75. The highest BCUT2D eigenvalue weighted by atomic mass is 16.5. The number of pyridine rings is 2. The van der Waals surface area contributed by atoms with Gasteiger partial charge in [0.1, 0.15) is 5.82 Å². The Balaban J connectivity index is 1.51. The van der Waals surface area contributed by atoms with Crippen LogP contribution in [-0.4, -0.2) is 60.7 Å². The number of hydrogen-bond donors (Lipinski definition) is 2. The van der Waals surface area contributed by atoms with E-state index in [1.807, 2.05) is 31.2 Å². The first-order valence-corrected chi connectivity index (χ1v) is 9.62. The molecule has 2 aromatic rings. The van der Waals surface area contributed by atoms with Crippen LogP contribution in [0.2, 0.25) is 0 Å². The molecule has 0 unspecified atom stereocenters. The first-order chi connectivity index (χ1) is 13.7. The van der Waals surface area contributed by atoms with Crippen molar-refractivity contribution in [3.63, 3.8) is 0 Å². The van der Waals surface area contributed by atoms with E-state index >= 15 is 0 Å². The average molecular weight is 384 g/mol. The lowest BCUT2D eigenvalue weighted by molar-refractivity contribution is 0.240. The molecule has 3 rings (SSSR count). The van der Waals surface area contributed by atoms with Crippen LogP contribution in [0.4, 0.5) is 10.6 Å². The largest absolute Gasteiger partial charge is 0.478 e. The summed E-state index contributed by atoms with van der Waals surface area (Å²) in [6, 6.07) is 7.38. The standard InChI is InChI=1S/C20H28N6O2/c1-3-28-18-13-16(6-8-21-18)14-23-20(27)24-15-17-5-4-7-22-19(17)26-11-9-25(2)10-12-26/h4-8,13H,3,9-12,14-15H2,1-2H3,(H2,23,24,27). The van der Waals surface area contributed by atoms with Crippen molar-refractivity contribution in [1.82, 2.24) is 25.5 Å². The molecule has 2 N–H and O–H groups in total. The van der Waals surface area contributed by atoms with Gasteiger partial charge in [-0.25, -0.2) is 14.8 Å². The zero-order valence-electron chi connectivity index (χ0n) is 16.5. The van der Waals surface area contributed by atoms with E-state index in [9.17, 15) is 4.79 Å². The molecular weight excluding hydrogens is 356 g/mol. The van der Waals surface area contributed by atoms with E-state index < -0.39 is 0 Å². The van der Waals surface area contributed by atoms with Gasteiger partial charge >= 0.3 is 6.03 Å². The number of ether oxygens (including phenoxy) is 1. The Hall–Kier alpha value is -2.87. The molecular formula is C20H28N6O2. The van der Waals surface area contributed by atoms with Crippen molar-refractivity contribution in [1.29, 1.82) is 0 Å². The van der Waals surface area contributed by atoms with E-state index in [4.69, 9.17) is 4.74 Å². The van der Waals surface area contributed by atoms with Crippen LogP contribution in [0.15, 0.2) is 36.7 Å². The first kappa shape index (κ1) is 19.9. The molecule has 0 aliphatic carbocycles. The van der Waals surface area contributed by atoms with Crippen LogP contribution in [0.1, 0.15) is 18.1 Å². The van der Waals surface area contributed by atoms with Crippen molar-refractivity contribution in [2.45, 2.75) is 20.0 Å². The Morgan fingerprint density at radius 1 is 1.11 bits per heavy atom. The molecule has 0 saturated carbocycles. The molecule has 2 amide bonds. The molecule has 0 aromatic carbocycles. The van der Waals surface area contributed by atoms with Gasteiger partial charge in [-0.2, -0.15) is 0 Å². The number of nitrogens with zero attached hydrogens (tertiary/aromatic N) is 4. The lowest BCUT2D eigenvalue weighted by Crippen LogP contribution is -2.45. The number of piperazine rings is 1. The lowest BCUT2D eigenvalue weighted by Gasteiger charge is -2.34. The van der Waals surface area contributed by atoms with Gasteiger partial charge in [0.15, 0.2) is 0 Å². The summed E-state index contributed by atoms with van der Waals surface area (Å²) in [5.41, 5.74) is 1.96. The predicted molar refractivity (Wildman–Crippen MR) is 108 cm³/mol. The highest BCUT2D eigenvalue weighted by molar-refractivity contribution is 5.74. The number of likely N-dealkylation sites (N-methyl/N-ethyl adjacent to an activating group) is 1. The van der Waals surface area contributed by atoms with E-state index in [0.29, 0.717) is 25.6 Å². The van der Waals surface area contributed by atoms with Crippen molar-refractivity contribution in [2.75, 3.05) is 44.7 Å². The number of carbonyl (C=O) groups is 1. The number of urea groups is 1. The molecule has 1 aliphatic rings. The Labute approximate surface area is 165 Å². The smallest absolute Gasteiger partial charge is 0.315 e. The van der Waals surface area contributed by atoms with Gasteiger partial charge in [0.2, 0.25) is 5.88 Å². The van der Waals surface area contributed by atoms with Gasteiger partial charge in [-0.1, -0.05) is 6.07 Å². The Kier molecular flexibility index (Phi) is 7.02. The van der Waals surface area contributed by atoms with E-state index in [-0.39, 0.29) is 6.03 Å². The van der Waals surface area contributed by atoms with Gasteiger partial charge in [0.05, 0.1) is 6.61 Å². The number of anilines is 1. The van der Waals surface area contributed by atoms with Crippen molar-refractivity contribution >= 4 is 11.8 Å². The van der Waals surface area contributed by atoms with Gasteiger partial charge in [0.25, 0.3) is 0 Å². The summed E-state index contributed by atoms with van der Waals surface area (Å²) in [5, 5.41) is 5.79. The minimum absolute atomic E-state index is 0.219. The molecule has 1 saturated heterocycles. The lowest BCUT2D eigenvalue weighted by atomic mass is 10.2. The van der Waals surface area contributed by atoms with Gasteiger partial charge in [0, 0.05) is 63.3 Å². The van der Waals surface area contributed by atoms with E-state index in [0.717, 1.165) is 43.1 Å². The fourth-order valence-corrected chi connectivity index (χ4v) is 3.08. The van der Waals surface area contributed by atoms with Crippen LogP contribution in [0, 0.1) is 0 Å². The molecule has 28 heavy (non-hydrogen) atoms. The average Bonchev–Trinajstić information content (AvgIpc) is 2.72. The Morgan fingerprint density at radius 2 is 1.89 bits per heavy atom. The van der Waals surface area contributed by atoms with Crippen molar-refractivity contribution in [2.24, 2.45) is 0 Å². The molecule has 3 heterocycles. The monoisotopic (exact) mass is 384 g/mol. The summed E-state index contributed by atoms with van der Waals surface area (Å²) < 4.78 is 5.38. The number of rotatable bonds is 7. The molecule has 0 bridgehead atoms. The third-order valence-corrected chi connectivity index (χ3v) is 4.65. The molecule has 1 fully saturated rings. The van der Waals surface area contributed by atoms with Crippen molar-refractivity contribution in [3.8, 4) is 5.88 Å².